The van der Waals surface area contributed by atoms with Gasteiger partial charge in [-0.3, -0.25) is 4.68 Å². The molecule has 18 heavy (non-hydrogen) atoms. The predicted octanol–water partition coefficient (Wildman–Crippen LogP) is 2.47. The first kappa shape index (κ1) is 12.8. The summed E-state index contributed by atoms with van der Waals surface area (Å²) in [5.41, 5.74) is 6.14. The molecule has 0 aliphatic carbocycles. The van der Waals surface area contributed by atoms with Crippen LogP contribution in [0.1, 0.15) is 16.8 Å². The molecule has 0 aliphatic heterocycles. The molecule has 0 amide bonds. The summed E-state index contributed by atoms with van der Waals surface area (Å²) in [6.45, 7) is 5.24. The van der Waals surface area contributed by atoms with E-state index in [1.807, 2.05) is 18.8 Å². The molecule has 0 atom stereocenters. The molecule has 0 aliphatic rings. The van der Waals surface area contributed by atoms with E-state index in [0.29, 0.717) is 0 Å². The number of aryl methyl sites for hydroxylation is 3. The molecule has 3 nitrogen and oxygen atoms in total. The lowest BCUT2D eigenvalue weighted by Gasteiger charge is -2.03. The Morgan fingerprint density at radius 2 is 2.00 bits per heavy atom. The third-order valence-electron chi connectivity index (χ3n) is 3.27. The van der Waals surface area contributed by atoms with E-state index in [9.17, 15) is 0 Å². The lowest BCUT2D eigenvalue weighted by Crippen LogP contribution is -2.12. The van der Waals surface area contributed by atoms with E-state index in [4.69, 9.17) is 0 Å². The first-order chi connectivity index (χ1) is 8.61. The van der Waals surface area contributed by atoms with Crippen molar-refractivity contribution in [3.05, 3.63) is 41.1 Å². The van der Waals surface area contributed by atoms with Crippen LogP contribution in [0.5, 0.6) is 0 Å². The maximum Gasteiger partial charge on any atom is 0.0928 e. The molecule has 1 heterocycles. The summed E-state index contributed by atoms with van der Waals surface area (Å²) in [7, 11) is 3.99. The van der Waals surface area contributed by atoms with Crippen molar-refractivity contribution < 1.29 is 0 Å². The molecular formula is C15H21N3. The lowest BCUT2D eigenvalue weighted by atomic mass is 10.0. The van der Waals surface area contributed by atoms with E-state index in [1.54, 1.807) is 0 Å². The number of hydrogen-bond donors (Lipinski definition) is 1. The van der Waals surface area contributed by atoms with Gasteiger partial charge in [0.1, 0.15) is 0 Å². The van der Waals surface area contributed by atoms with Crippen LogP contribution < -0.4 is 5.32 Å². The van der Waals surface area contributed by atoms with Crippen molar-refractivity contribution in [3.8, 4) is 11.3 Å². The molecule has 0 radical (unpaired) electrons. The monoisotopic (exact) mass is 243 g/mol. The Morgan fingerprint density at radius 3 is 2.67 bits per heavy atom. The van der Waals surface area contributed by atoms with Gasteiger partial charge in [0.05, 0.1) is 5.69 Å². The molecular weight excluding hydrogens is 222 g/mol. The molecule has 1 N–H and O–H groups in total. The molecule has 0 bridgehead atoms. The first-order valence-corrected chi connectivity index (χ1v) is 6.37. The Morgan fingerprint density at radius 1 is 1.22 bits per heavy atom. The van der Waals surface area contributed by atoms with Crippen LogP contribution in [0, 0.1) is 13.8 Å². The van der Waals surface area contributed by atoms with Gasteiger partial charge in [0.2, 0.25) is 0 Å². The quantitative estimate of drug-likeness (QED) is 0.894. The average molecular weight is 243 g/mol. The lowest BCUT2D eigenvalue weighted by molar-refractivity contribution is 0.682. The highest BCUT2D eigenvalue weighted by Crippen LogP contribution is 2.23. The normalized spacial score (nSPS) is 10.9. The highest BCUT2D eigenvalue weighted by Gasteiger charge is 2.09. The molecule has 0 saturated carbocycles. The van der Waals surface area contributed by atoms with E-state index in [-0.39, 0.29) is 0 Å². The molecule has 2 aromatic rings. The Bertz CT molecular complexity index is 541. The van der Waals surface area contributed by atoms with E-state index >= 15 is 0 Å². The minimum atomic E-state index is 0.978. The summed E-state index contributed by atoms with van der Waals surface area (Å²) in [5, 5.41) is 7.78. The van der Waals surface area contributed by atoms with Crippen LogP contribution in [0.2, 0.25) is 0 Å². The summed E-state index contributed by atoms with van der Waals surface area (Å²) >= 11 is 0. The summed E-state index contributed by atoms with van der Waals surface area (Å²) in [6.07, 6.45) is 1.00. The fourth-order valence-corrected chi connectivity index (χ4v) is 2.23. The average Bonchev–Trinajstić information content (AvgIpc) is 2.68. The molecule has 96 valence electrons. The van der Waals surface area contributed by atoms with Crippen molar-refractivity contribution in [2.45, 2.75) is 20.3 Å². The smallest absolute Gasteiger partial charge is 0.0928 e. The number of nitrogens with one attached hydrogen (secondary N) is 1. The third kappa shape index (κ3) is 2.62. The van der Waals surface area contributed by atoms with Crippen molar-refractivity contribution >= 4 is 0 Å². The van der Waals surface area contributed by atoms with Gasteiger partial charge in [0.25, 0.3) is 0 Å². The molecule has 2 rings (SSSR count). The summed E-state index contributed by atoms with van der Waals surface area (Å²) in [5.74, 6) is 0. The Labute approximate surface area is 109 Å². The van der Waals surface area contributed by atoms with Gasteiger partial charge in [-0.05, 0) is 32.5 Å². The Kier molecular flexibility index (Phi) is 3.82. The highest BCUT2D eigenvalue weighted by molar-refractivity contribution is 5.64. The van der Waals surface area contributed by atoms with Gasteiger partial charge in [0, 0.05) is 31.3 Å². The van der Waals surface area contributed by atoms with Crippen molar-refractivity contribution in [3.63, 3.8) is 0 Å². The highest BCUT2D eigenvalue weighted by atomic mass is 15.3. The zero-order valence-corrected chi connectivity index (χ0v) is 11.6. The van der Waals surface area contributed by atoms with Gasteiger partial charge in [-0.15, -0.1) is 0 Å². The molecule has 1 aromatic carbocycles. The van der Waals surface area contributed by atoms with Crippen LogP contribution in [0.15, 0.2) is 24.3 Å². The third-order valence-corrected chi connectivity index (χ3v) is 3.27. The van der Waals surface area contributed by atoms with Gasteiger partial charge in [0.15, 0.2) is 0 Å². The predicted molar refractivity (Wildman–Crippen MR) is 75.7 cm³/mol. The summed E-state index contributed by atoms with van der Waals surface area (Å²) in [6, 6.07) is 8.70. The minimum absolute atomic E-state index is 0.978. The second-order valence-electron chi connectivity index (χ2n) is 4.82. The number of aromatic nitrogens is 2. The SMILES string of the molecule is CNCCc1cc(-c2ccc(C)cc2C)nn1C. The van der Waals surface area contributed by atoms with E-state index in [2.05, 4.69) is 48.5 Å². The molecule has 3 heteroatoms. The van der Waals surface area contributed by atoms with Crippen molar-refractivity contribution in [1.29, 1.82) is 0 Å². The molecule has 0 spiro atoms. The minimum Gasteiger partial charge on any atom is -0.319 e. The fraction of sp³-hybridized carbons (Fsp3) is 0.400. The topological polar surface area (TPSA) is 29.9 Å². The van der Waals surface area contributed by atoms with Crippen LogP contribution >= 0.6 is 0 Å². The van der Waals surface area contributed by atoms with Gasteiger partial charge in [-0.2, -0.15) is 5.10 Å². The number of hydrogen-bond acceptors (Lipinski definition) is 2. The molecule has 0 fully saturated rings. The second-order valence-corrected chi connectivity index (χ2v) is 4.82. The van der Waals surface area contributed by atoms with Crippen LogP contribution in [-0.4, -0.2) is 23.4 Å². The Hall–Kier alpha value is -1.61. The molecule has 1 aromatic heterocycles. The Balaban J connectivity index is 2.33. The largest absolute Gasteiger partial charge is 0.319 e. The zero-order chi connectivity index (χ0) is 13.1. The van der Waals surface area contributed by atoms with E-state index in [1.165, 1.54) is 22.4 Å². The van der Waals surface area contributed by atoms with Crippen molar-refractivity contribution in [2.24, 2.45) is 7.05 Å². The zero-order valence-electron chi connectivity index (χ0n) is 11.6. The van der Waals surface area contributed by atoms with Crippen molar-refractivity contribution in [1.82, 2.24) is 15.1 Å². The first-order valence-electron chi connectivity index (χ1n) is 6.37. The maximum absolute atomic E-state index is 4.61. The number of rotatable bonds is 4. The maximum atomic E-state index is 4.61. The fourth-order valence-electron chi connectivity index (χ4n) is 2.23. The number of likely N-dealkylation sites (N-methyl/N-ethyl adjacent to an activating group) is 1. The van der Waals surface area contributed by atoms with E-state index < -0.39 is 0 Å². The molecule has 0 saturated heterocycles. The number of benzene rings is 1. The standard InChI is InChI=1S/C15H21N3/c1-11-5-6-14(12(2)9-11)15-10-13(7-8-16-3)18(4)17-15/h5-6,9-10,16H,7-8H2,1-4H3. The van der Waals surface area contributed by atoms with Gasteiger partial charge < -0.3 is 5.32 Å². The molecule has 0 unspecified atom stereocenters. The van der Waals surface area contributed by atoms with E-state index in [0.717, 1.165) is 18.7 Å². The van der Waals surface area contributed by atoms with Gasteiger partial charge >= 0.3 is 0 Å². The van der Waals surface area contributed by atoms with Crippen LogP contribution in [0.25, 0.3) is 11.3 Å². The van der Waals surface area contributed by atoms with Gasteiger partial charge in [-0.25, -0.2) is 0 Å². The second kappa shape index (κ2) is 5.36. The van der Waals surface area contributed by atoms with Crippen molar-refractivity contribution in [2.75, 3.05) is 13.6 Å². The summed E-state index contributed by atoms with van der Waals surface area (Å²) in [4.78, 5) is 0. The number of nitrogens with zero attached hydrogens (tertiary/aromatic N) is 2. The summed E-state index contributed by atoms with van der Waals surface area (Å²) < 4.78 is 1.98. The van der Waals surface area contributed by atoms with Crippen LogP contribution in [0.4, 0.5) is 0 Å². The van der Waals surface area contributed by atoms with Crippen LogP contribution in [0.3, 0.4) is 0 Å². The van der Waals surface area contributed by atoms with Crippen LogP contribution in [-0.2, 0) is 13.5 Å². The van der Waals surface area contributed by atoms with Gasteiger partial charge in [-0.1, -0.05) is 23.8 Å².